The van der Waals surface area contributed by atoms with Crippen LogP contribution in [0.4, 0.5) is 11.5 Å². The zero-order valence-corrected chi connectivity index (χ0v) is 18.3. The molecule has 7 heteroatoms. The van der Waals surface area contributed by atoms with E-state index < -0.39 is 0 Å². The Morgan fingerprint density at radius 2 is 1.83 bits per heavy atom. The first-order valence-corrected chi connectivity index (χ1v) is 10.9. The molecule has 5 nitrogen and oxygen atoms in total. The number of carbonyl (C=O) groups is 1. The van der Waals surface area contributed by atoms with E-state index in [-0.39, 0.29) is 12.3 Å². The predicted octanol–water partition coefficient (Wildman–Crippen LogP) is 5.24. The van der Waals surface area contributed by atoms with Gasteiger partial charge in [-0.3, -0.25) is 4.79 Å². The molecule has 0 aliphatic carbocycles. The molecule has 0 unspecified atom stereocenters. The number of rotatable bonds is 5. The second-order valence-electron chi connectivity index (χ2n) is 6.40. The van der Waals surface area contributed by atoms with Crippen molar-refractivity contribution in [1.82, 2.24) is 9.97 Å². The van der Waals surface area contributed by atoms with Gasteiger partial charge in [0.15, 0.2) is 5.82 Å². The first-order valence-electron chi connectivity index (χ1n) is 8.89. The molecule has 0 atom stereocenters. The number of nitrogen functional groups attached to an aromatic ring is 1. The van der Waals surface area contributed by atoms with E-state index in [0.29, 0.717) is 17.2 Å². The summed E-state index contributed by atoms with van der Waals surface area (Å²) in [6.07, 6.45) is 1.95. The first-order chi connectivity index (χ1) is 14.1. The molecule has 1 amide bonds. The SMILES string of the molecule is Nc1ccc(-c2cnc(NC(=O)Cc3ccc(I)cc3)c(-c3cccs3)n2)cc1. The van der Waals surface area contributed by atoms with E-state index in [4.69, 9.17) is 10.7 Å². The summed E-state index contributed by atoms with van der Waals surface area (Å²) in [6, 6.07) is 19.3. The van der Waals surface area contributed by atoms with Gasteiger partial charge in [-0.15, -0.1) is 11.3 Å². The maximum Gasteiger partial charge on any atom is 0.230 e. The van der Waals surface area contributed by atoms with E-state index in [1.54, 1.807) is 17.5 Å². The molecular formula is C22H17IN4OS. The summed E-state index contributed by atoms with van der Waals surface area (Å²) in [5, 5.41) is 4.90. The standard InChI is InChI=1S/C22H17IN4OS/c23-16-7-3-14(4-8-16)12-20(28)27-22-21(19-2-1-11-29-19)26-18(13-25-22)15-5-9-17(24)10-6-15/h1-11,13H,12,24H2,(H,25,27,28). The van der Waals surface area contributed by atoms with Crippen LogP contribution >= 0.6 is 33.9 Å². The van der Waals surface area contributed by atoms with Crippen LogP contribution in [0.1, 0.15) is 5.56 Å². The minimum absolute atomic E-state index is 0.126. The number of benzene rings is 2. The second-order valence-corrected chi connectivity index (χ2v) is 8.60. The van der Waals surface area contributed by atoms with Gasteiger partial charge in [0, 0.05) is 14.8 Å². The number of amides is 1. The molecule has 2 heterocycles. The molecule has 144 valence electrons. The summed E-state index contributed by atoms with van der Waals surface area (Å²) in [5.41, 5.74) is 9.73. The quantitative estimate of drug-likeness (QED) is 0.283. The van der Waals surface area contributed by atoms with Gasteiger partial charge in [-0.05, 0) is 63.9 Å². The Morgan fingerprint density at radius 3 is 2.52 bits per heavy atom. The molecule has 0 aliphatic rings. The summed E-state index contributed by atoms with van der Waals surface area (Å²) in [4.78, 5) is 22.8. The maximum atomic E-state index is 12.6. The molecule has 29 heavy (non-hydrogen) atoms. The van der Waals surface area contributed by atoms with Crippen molar-refractivity contribution in [1.29, 1.82) is 0 Å². The van der Waals surface area contributed by atoms with Crippen LogP contribution < -0.4 is 11.1 Å². The first kappa shape index (κ1) is 19.5. The van der Waals surface area contributed by atoms with Crippen LogP contribution in [0.3, 0.4) is 0 Å². The van der Waals surface area contributed by atoms with E-state index in [1.807, 2.05) is 66.0 Å². The number of nitrogens with two attached hydrogens (primary N) is 1. The van der Waals surface area contributed by atoms with Gasteiger partial charge in [-0.2, -0.15) is 0 Å². The number of nitrogens with one attached hydrogen (secondary N) is 1. The van der Waals surface area contributed by atoms with Crippen molar-refractivity contribution >= 4 is 51.3 Å². The van der Waals surface area contributed by atoms with Gasteiger partial charge < -0.3 is 11.1 Å². The summed E-state index contributed by atoms with van der Waals surface area (Å²) in [6.45, 7) is 0. The molecule has 0 radical (unpaired) electrons. The lowest BCUT2D eigenvalue weighted by molar-refractivity contribution is -0.115. The number of hydrogen-bond acceptors (Lipinski definition) is 5. The largest absolute Gasteiger partial charge is 0.399 e. The van der Waals surface area contributed by atoms with E-state index in [2.05, 4.69) is 32.9 Å². The van der Waals surface area contributed by atoms with Crippen molar-refractivity contribution in [3.8, 4) is 21.8 Å². The minimum Gasteiger partial charge on any atom is -0.399 e. The lowest BCUT2D eigenvalue weighted by atomic mass is 10.1. The molecule has 4 aromatic rings. The number of aromatic nitrogens is 2. The van der Waals surface area contributed by atoms with Crippen LogP contribution in [0.5, 0.6) is 0 Å². The Balaban J connectivity index is 1.62. The molecule has 0 bridgehead atoms. The Bertz CT molecular complexity index is 1130. The molecule has 0 saturated heterocycles. The molecule has 0 aliphatic heterocycles. The Hall–Kier alpha value is -2.78. The summed E-state index contributed by atoms with van der Waals surface area (Å²) in [7, 11) is 0. The Labute approximate surface area is 186 Å². The number of nitrogens with zero attached hydrogens (tertiary/aromatic N) is 2. The Kier molecular flexibility index (Phi) is 5.86. The second kappa shape index (κ2) is 8.71. The van der Waals surface area contributed by atoms with Crippen molar-refractivity contribution in [2.45, 2.75) is 6.42 Å². The molecule has 0 fully saturated rings. The van der Waals surface area contributed by atoms with Gasteiger partial charge in [0.1, 0.15) is 5.69 Å². The molecular weight excluding hydrogens is 495 g/mol. The lowest BCUT2D eigenvalue weighted by Gasteiger charge is -2.11. The summed E-state index contributed by atoms with van der Waals surface area (Å²) >= 11 is 3.80. The molecule has 3 N–H and O–H groups in total. The fourth-order valence-electron chi connectivity index (χ4n) is 2.82. The lowest BCUT2D eigenvalue weighted by Crippen LogP contribution is -2.16. The van der Waals surface area contributed by atoms with E-state index >= 15 is 0 Å². The van der Waals surface area contributed by atoms with Crippen molar-refractivity contribution in [2.75, 3.05) is 11.1 Å². The molecule has 2 aromatic carbocycles. The third kappa shape index (κ3) is 4.80. The van der Waals surface area contributed by atoms with Crippen molar-refractivity contribution in [2.24, 2.45) is 0 Å². The number of anilines is 2. The van der Waals surface area contributed by atoms with Gasteiger partial charge in [0.2, 0.25) is 5.91 Å². The normalized spacial score (nSPS) is 10.7. The molecule has 0 spiro atoms. The molecule has 0 saturated carbocycles. The number of halogens is 1. The van der Waals surface area contributed by atoms with Crippen LogP contribution in [-0.4, -0.2) is 15.9 Å². The third-order valence-corrected chi connectivity index (χ3v) is 5.87. The molecule has 4 rings (SSSR count). The highest BCUT2D eigenvalue weighted by Crippen LogP contribution is 2.31. The highest BCUT2D eigenvalue weighted by atomic mass is 127. The smallest absolute Gasteiger partial charge is 0.230 e. The highest BCUT2D eigenvalue weighted by molar-refractivity contribution is 14.1. The highest BCUT2D eigenvalue weighted by Gasteiger charge is 2.15. The van der Waals surface area contributed by atoms with Gasteiger partial charge in [0.05, 0.1) is 23.2 Å². The minimum atomic E-state index is -0.126. The van der Waals surface area contributed by atoms with Gasteiger partial charge in [-0.1, -0.05) is 30.3 Å². The summed E-state index contributed by atoms with van der Waals surface area (Å²) < 4.78 is 1.14. The van der Waals surface area contributed by atoms with E-state index in [9.17, 15) is 4.79 Å². The monoisotopic (exact) mass is 512 g/mol. The summed E-state index contributed by atoms with van der Waals surface area (Å²) in [5.74, 6) is 0.334. The third-order valence-electron chi connectivity index (χ3n) is 4.27. The zero-order valence-electron chi connectivity index (χ0n) is 15.3. The fourth-order valence-corrected chi connectivity index (χ4v) is 3.90. The fraction of sp³-hybridized carbons (Fsp3) is 0.0455. The van der Waals surface area contributed by atoms with Crippen molar-refractivity contribution in [3.05, 3.63) is 81.4 Å². The van der Waals surface area contributed by atoms with Crippen LogP contribution in [0, 0.1) is 3.57 Å². The Morgan fingerprint density at radius 1 is 1.07 bits per heavy atom. The van der Waals surface area contributed by atoms with Gasteiger partial charge in [0.25, 0.3) is 0 Å². The number of hydrogen-bond donors (Lipinski definition) is 2. The van der Waals surface area contributed by atoms with Crippen LogP contribution in [0.25, 0.3) is 21.8 Å². The van der Waals surface area contributed by atoms with Gasteiger partial charge >= 0.3 is 0 Å². The van der Waals surface area contributed by atoms with Crippen LogP contribution in [0.15, 0.2) is 72.2 Å². The zero-order chi connectivity index (χ0) is 20.2. The topological polar surface area (TPSA) is 80.9 Å². The van der Waals surface area contributed by atoms with E-state index in [0.717, 1.165) is 25.3 Å². The van der Waals surface area contributed by atoms with Crippen molar-refractivity contribution in [3.63, 3.8) is 0 Å². The molecule has 2 aromatic heterocycles. The predicted molar refractivity (Wildman–Crippen MR) is 127 cm³/mol. The number of thiophene rings is 1. The average Bonchev–Trinajstić information content (AvgIpc) is 3.25. The average molecular weight is 512 g/mol. The van der Waals surface area contributed by atoms with E-state index in [1.165, 1.54) is 0 Å². The van der Waals surface area contributed by atoms with Crippen LogP contribution in [-0.2, 0) is 11.2 Å². The number of carbonyl (C=O) groups excluding carboxylic acids is 1. The maximum absolute atomic E-state index is 12.6. The van der Waals surface area contributed by atoms with Crippen molar-refractivity contribution < 1.29 is 4.79 Å². The van der Waals surface area contributed by atoms with Crippen LogP contribution in [0.2, 0.25) is 0 Å². The van der Waals surface area contributed by atoms with Gasteiger partial charge in [-0.25, -0.2) is 9.97 Å².